The Balaban J connectivity index is 2.15. The van der Waals surface area contributed by atoms with Gasteiger partial charge in [0.1, 0.15) is 34.9 Å². The van der Waals surface area contributed by atoms with Gasteiger partial charge in [0, 0.05) is 18.8 Å². The Bertz CT molecular complexity index is 1240. The van der Waals surface area contributed by atoms with Gasteiger partial charge in [-0.15, -0.1) is 0 Å². The number of nitrogens with zero attached hydrogens (tertiary/aromatic N) is 2. The van der Waals surface area contributed by atoms with E-state index in [-0.39, 0.29) is 28.0 Å². The number of nitrogens with one attached hydrogen (secondary N) is 2. The summed E-state index contributed by atoms with van der Waals surface area (Å²) in [6.07, 6.45) is 2.64. The minimum Gasteiger partial charge on any atom is -0.497 e. The standard InChI is InChI=1S/C21H28N6O7S/c1-33-15-7-8-17(34-2)18(11-15)35(31,32)26-16-6-4-10-27(20(16)30)12-19(29)25-14(13-28)5-3-9-24-21(22)23/h4,6-8,10-11,13-14,26H,3,5,9,12H2,1-2H3,(H,25,29)(H4,22,23,24)/t14-/m0/s1. The number of carbonyl (C=O) groups is 2. The molecule has 35 heavy (non-hydrogen) atoms. The maximum absolute atomic E-state index is 12.9. The molecule has 14 heteroatoms. The van der Waals surface area contributed by atoms with E-state index < -0.39 is 34.1 Å². The summed E-state index contributed by atoms with van der Waals surface area (Å²) in [4.78, 5) is 40.0. The molecule has 0 saturated carbocycles. The van der Waals surface area contributed by atoms with Gasteiger partial charge in [0.15, 0.2) is 5.96 Å². The summed E-state index contributed by atoms with van der Waals surface area (Å²) in [7, 11) is -1.55. The number of amides is 1. The third-order valence-electron chi connectivity index (χ3n) is 4.72. The minimum absolute atomic E-state index is 0.0497. The highest BCUT2D eigenvalue weighted by molar-refractivity contribution is 7.92. The largest absolute Gasteiger partial charge is 0.497 e. The highest BCUT2D eigenvalue weighted by Crippen LogP contribution is 2.29. The first-order chi connectivity index (χ1) is 16.6. The van der Waals surface area contributed by atoms with Gasteiger partial charge in [0.2, 0.25) is 5.91 Å². The van der Waals surface area contributed by atoms with Gasteiger partial charge in [-0.2, -0.15) is 0 Å². The second-order valence-electron chi connectivity index (χ2n) is 7.24. The highest BCUT2D eigenvalue weighted by Gasteiger charge is 2.22. The number of carbonyl (C=O) groups excluding carboxylic acids is 2. The van der Waals surface area contributed by atoms with E-state index in [1.165, 1.54) is 50.7 Å². The second-order valence-corrected chi connectivity index (χ2v) is 8.89. The summed E-state index contributed by atoms with van der Waals surface area (Å²) >= 11 is 0. The first-order valence-electron chi connectivity index (χ1n) is 10.4. The monoisotopic (exact) mass is 508 g/mol. The lowest BCUT2D eigenvalue weighted by atomic mass is 10.2. The number of guanidine groups is 1. The number of aldehydes is 1. The molecule has 0 aliphatic rings. The molecule has 13 nitrogen and oxygen atoms in total. The molecule has 1 aromatic heterocycles. The van der Waals surface area contributed by atoms with Gasteiger partial charge in [0.25, 0.3) is 15.6 Å². The zero-order chi connectivity index (χ0) is 26.0. The van der Waals surface area contributed by atoms with E-state index in [4.69, 9.17) is 20.9 Å². The third-order valence-corrected chi connectivity index (χ3v) is 6.10. The average molecular weight is 509 g/mol. The van der Waals surface area contributed by atoms with Crippen molar-refractivity contribution in [1.82, 2.24) is 9.88 Å². The van der Waals surface area contributed by atoms with Gasteiger partial charge in [-0.3, -0.25) is 19.3 Å². The average Bonchev–Trinajstić information content (AvgIpc) is 2.82. The number of ether oxygens (including phenoxy) is 2. The van der Waals surface area contributed by atoms with Crippen LogP contribution in [0.4, 0.5) is 5.69 Å². The predicted octanol–water partition coefficient (Wildman–Crippen LogP) is -0.596. The molecule has 190 valence electrons. The molecule has 0 aliphatic heterocycles. The number of nitrogens with two attached hydrogens (primary N) is 2. The molecule has 1 amide bonds. The molecule has 2 rings (SSSR count). The summed E-state index contributed by atoms with van der Waals surface area (Å²) in [6, 6.07) is 6.07. The summed E-state index contributed by atoms with van der Waals surface area (Å²) in [5, 5.41) is 2.51. The molecule has 1 aromatic carbocycles. The summed E-state index contributed by atoms with van der Waals surface area (Å²) in [5.74, 6) is -0.359. The highest BCUT2D eigenvalue weighted by atomic mass is 32.2. The van der Waals surface area contributed by atoms with E-state index in [1.807, 2.05) is 0 Å². The lowest BCUT2D eigenvalue weighted by Crippen LogP contribution is -2.40. The molecule has 6 N–H and O–H groups in total. The van der Waals surface area contributed by atoms with Gasteiger partial charge >= 0.3 is 0 Å². The number of benzene rings is 1. The molecular formula is C21H28N6O7S. The smallest absolute Gasteiger partial charge is 0.275 e. The second kappa shape index (κ2) is 12.4. The molecule has 1 atom stereocenters. The fourth-order valence-electron chi connectivity index (χ4n) is 3.03. The lowest BCUT2D eigenvalue weighted by molar-refractivity contribution is -0.124. The number of aromatic nitrogens is 1. The van der Waals surface area contributed by atoms with Crippen LogP contribution in [0.1, 0.15) is 12.8 Å². The van der Waals surface area contributed by atoms with Gasteiger partial charge in [-0.05, 0) is 37.1 Å². The van der Waals surface area contributed by atoms with Crippen molar-refractivity contribution in [3.63, 3.8) is 0 Å². The van der Waals surface area contributed by atoms with Gasteiger partial charge in [-0.1, -0.05) is 0 Å². The van der Waals surface area contributed by atoms with Crippen molar-refractivity contribution in [2.75, 3.05) is 25.5 Å². The van der Waals surface area contributed by atoms with Crippen LogP contribution in [-0.4, -0.2) is 57.9 Å². The minimum atomic E-state index is -4.24. The number of hydrogen-bond acceptors (Lipinski definition) is 8. The third kappa shape index (κ3) is 7.74. The SMILES string of the molecule is COc1ccc(OC)c(S(=O)(=O)Nc2cccn(CC(=O)N[C@H](C=O)CCCN=C(N)N)c2=O)c1. The van der Waals surface area contributed by atoms with Crippen LogP contribution in [0.25, 0.3) is 0 Å². The summed E-state index contributed by atoms with van der Waals surface area (Å²) < 4.78 is 39.3. The summed E-state index contributed by atoms with van der Waals surface area (Å²) in [5.41, 5.74) is 9.43. The maximum Gasteiger partial charge on any atom is 0.275 e. The van der Waals surface area contributed by atoms with Crippen molar-refractivity contribution in [1.29, 1.82) is 0 Å². The van der Waals surface area contributed by atoms with Gasteiger partial charge < -0.3 is 35.6 Å². The normalized spacial score (nSPS) is 11.7. The van der Waals surface area contributed by atoms with Crippen LogP contribution in [0, 0.1) is 0 Å². The Morgan fingerprint density at radius 1 is 1.23 bits per heavy atom. The van der Waals surface area contributed by atoms with Gasteiger partial charge in [0.05, 0.1) is 20.3 Å². The van der Waals surface area contributed by atoms with E-state index >= 15 is 0 Å². The van der Waals surface area contributed by atoms with Gasteiger partial charge in [-0.25, -0.2) is 8.42 Å². The van der Waals surface area contributed by atoms with Crippen LogP contribution in [0.3, 0.4) is 0 Å². The van der Waals surface area contributed by atoms with E-state index in [0.717, 1.165) is 4.57 Å². The molecule has 1 heterocycles. The fraction of sp³-hybridized carbons (Fsp3) is 0.333. The number of rotatable bonds is 13. The molecule has 0 unspecified atom stereocenters. The quantitative estimate of drug-likeness (QED) is 0.118. The molecule has 0 spiro atoms. The Hall–Kier alpha value is -4.07. The molecule has 0 radical (unpaired) electrons. The van der Waals surface area contributed by atoms with E-state index in [2.05, 4.69) is 15.0 Å². The first kappa shape index (κ1) is 27.2. The number of anilines is 1. The molecule has 0 aliphatic carbocycles. The number of sulfonamides is 1. The Morgan fingerprint density at radius 2 is 1.97 bits per heavy atom. The lowest BCUT2D eigenvalue weighted by Gasteiger charge is -2.15. The van der Waals surface area contributed by atoms with Crippen molar-refractivity contribution in [3.8, 4) is 11.5 Å². The number of pyridine rings is 1. The number of hydrogen-bond donors (Lipinski definition) is 4. The zero-order valence-corrected chi connectivity index (χ0v) is 20.1. The Labute approximate surface area is 202 Å². The number of aliphatic imine (C=N–C) groups is 1. The Morgan fingerprint density at radius 3 is 2.60 bits per heavy atom. The molecule has 0 bridgehead atoms. The van der Waals surface area contributed by atoms with Crippen molar-refractivity contribution in [2.24, 2.45) is 16.5 Å². The van der Waals surface area contributed by atoms with Crippen molar-refractivity contribution in [3.05, 3.63) is 46.9 Å². The maximum atomic E-state index is 12.9. The van der Waals surface area contributed by atoms with Crippen molar-refractivity contribution in [2.45, 2.75) is 30.3 Å². The van der Waals surface area contributed by atoms with E-state index in [9.17, 15) is 22.8 Å². The zero-order valence-electron chi connectivity index (χ0n) is 19.3. The Kier molecular flexibility index (Phi) is 9.64. The number of methoxy groups -OCH3 is 2. The van der Waals surface area contributed by atoms with Crippen molar-refractivity contribution >= 4 is 33.9 Å². The fourth-order valence-corrected chi connectivity index (χ4v) is 4.28. The predicted molar refractivity (Wildman–Crippen MR) is 129 cm³/mol. The van der Waals surface area contributed by atoms with Crippen LogP contribution in [0.2, 0.25) is 0 Å². The van der Waals surface area contributed by atoms with Crippen LogP contribution in [0.5, 0.6) is 11.5 Å². The molecular weight excluding hydrogens is 480 g/mol. The van der Waals surface area contributed by atoms with Crippen LogP contribution in [0.15, 0.2) is 51.2 Å². The first-order valence-corrected chi connectivity index (χ1v) is 11.8. The van der Waals surface area contributed by atoms with E-state index in [1.54, 1.807) is 0 Å². The molecule has 0 fully saturated rings. The van der Waals surface area contributed by atoms with Crippen LogP contribution in [-0.2, 0) is 26.2 Å². The summed E-state index contributed by atoms with van der Waals surface area (Å²) in [6.45, 7) is -0.141. The van der Waals surface area contributed by atoms with Crippen LogP contribution >= 0.6 is 0 Å². The molecule has 2 aromatic rings. The van der Waals surface area contributed by atoms with Crippen molar-refractivity contribution < 1.29 is 27.5 Å². The molecule has 0 saturated heterocycles. The topological polar surface area (TPSA) is 197 Å². The van der Waals surface area contributed by atoms with Crippen LogP contribution < -0.4 is 36.5 Å². The van der Waals surface area contributed by atoms with E-state index in [0.29, 0.717) is 25.7 Å².